The first-order chi connectivity index (χ1) is 11.9. The zero-order valence-corrected chi connectivity index (χ0v) is 15.6. The van der Waals surface area contributed by atoms with Gasteiger partial charge in [0.05, 0.1) is 11.3 Å². The van der Waals surface area contributed by atoms with Gasteiger partial charge >= 0.3 is 0 Å². The summed E-state index contributed by atoms with van der Waals surface area (Å²) in [5, 5.41) is 15.1. The van der Waals surface area contributed by atoms with Crippen molar-refractivity contribution in [3.8, 4) is 0 Å². The molecule has 0 radical (unpaired) electrons. The van der Waals surface area contributed by atoms with Gasteiger partial charge in [0.2, 0.25) is 0 Å². The van der Waals surface area contributed by atoms with Crippen LogP contribution >= 0.6 is 0 Å². The molecule has 0 amide bonds. The van der Waals surface area contributed by atoms with Gasteiger partial charge in [0.1, 0.15) is 12.9 Å². The highest BCUT2D eigenvalue weighted by atomic mass is 16.6. The topological polar surface area (TPSA) is 58.9 Å². The van der Waals surface area contributed by atoms with Crippen molar-refractivity contribution in [2.75, 3.05) is 7.11 Å². The summed E-state index contributed by atoms with van der Waals surface area (Å²) in [6, 6.07) is 4.16. The normalized spacial score (nSPS) is 25.8. The molecule has 0 aliphatic heterocycles. The van der Waals surface area contributed by atoms with E-state index in [1.165, 1.54) is 5.56 Å². The van der Waals surface area contributed by atoms with Crippen molar-refractivity contribution in [2.24, 2.45) is 17.0 Å². The SMILES string of the molecule is CO/N=C1/C[C@H]2CC[C@@H]1CC(O)=C(c1c(C)cc(C)cc1C)C(=O)C2. The number of oxime groups is 1. The zero-order chi connectivity index (χ0) is 18.1. The molecule has 0 saturated heterocycles. The Morgan fingerprint density at radius 2 is 1.76 bits per heavy atom. The molecule has 0 heterocycles. The molecule has 1 N–H and O–H groups in total. The number of rotatable bonds is 2. The van der Waals surface area contributed by atoms with Crippen LogP contribution in [0.25, 0.3) is 5.57 Å². The summed E-state index contributed by atoms with van der Waals surface area (Å²) in [7, 11) is 1.55. The highest BCUT2D eigenvalue weighted by Crippen LogP contribution is 2.39. The van der Waals surface area contributed by atoms with Crippen molar-refractivity contribution >= 4 is 17.1 Å². The molecular weight excluding hydrogens is 314 g/mol. The van der Waals surface area contributed by atoms with E-state index in [0.29, 0.717) is 18.4 Å². The van der Waals surface area contributed by atoms with Crippen LogP contribution in [0.3, 0.4) is 0 Å². The zero-order valence-electron chi connectivity index (χ0n) is 15.6. The van der Waals surface area contributed by atoms with Crippen LogP contribution in [0, 0.1) is 32.6 Å². The first-order valence-corrected chi connectivity index (χ1v) is 9.04. The number of carbonyl (C=O) groups is 1. The second-order valence-electron chi connectivity index (χ2n) is 7.54. The second-order valence-corrected chi connectivity index (χ2v) is 7.54. The van der Waals surface area contributed by atoms with Gasteiger partial charge in [0, 0.05) is 18.8 Å². The Morgan fingerprint density at radius 3 is 2.40 bits per heavy atom. The van der Waals surface area contributed by atoms with Crippen LogP contribution in [-0.2, 0) is 9.63 Å². The number of ketones is 1. The van der Waals surface area contributed by atoms with Crippen LogP contribution in [0.2, 0.25) is 0 Å². The number of aryl methyl sites for hydroxylation is 3. The maximum absolute atomic E-state index is 13.1. The van der Waals surface area contributed by atoms with Crippen molar-refractivity contribution < 1.29 is 14.7 Å². The minimum Gasteiger partial charge on any atom is -0.512 e. The number of allylic oxidation sites excluding steroid dienone is 2. The van der Waals surface area contributed by atoms with Crippen molar-refractivity contribution in [3.05, 3.63) is 40.1 Å². The summed E-state index contributed by atoms with van der Waals surface area (Å²) in [4.78, 5) is 18.1. The third kappa shape index (κ3) is 3.48. The van der Waals surface area contributed by atoms with Crippen molar-refractivity contribution in [1.82, 2.24) is 0 Å². The quantitative estimate of drug-likeness (QED) is 0.796. The van der Waals surface area contributed by atoms with E-state index in [2.05, 4.69) is 24.2 Å². The van der Waals surface area contributed by atoms with Crippen molar-refractivity contribution in [3.63, 3.8) is 0 Å². The van der Waals surface area contributed by atoms with Gasteiger partial charge in [-0.1, -0.05) is 22.9 Å². The molecule has 134 valence electrons. The number of aliphatic hydroxyl groups excluding tert-OH is 1. The Labute approximate surface area is 149 Å². The summed E-state index contributed by atoms with van der Waals surface area (Å²) in [5.74, 6) is 0.695. The van der Waals surface area contributed by atoms with Crippen LogP contribution in [0.1, 0.15) is 54.4 Å². The monoisotopic (exact) mass is 341 g/mol. The lowest BCUT2D eigenvalue weighted by Crippen LogP contribution is -2.25. The number of fused-ring (bicyclic) bond motifs is 5. The van der Waals surface area contributed by atoms with Crippen LogP contribution in [0.5, 0.6) is 0 Å². The van der Waals surface area contributed by atoms with E-state index in [4.69, 9.17) is 4.84 Å². The Bertz CT molecular complexity index is 737. The number of nitrogens with zero attached hydrogens (tertiary/aromatic N) is 1. The Kier molecular flexibility index (Phi) is 4.98. The summed E-state index contributed by atoms with van der Waals surface area (Å²) in [6.45, 7) is 6.08. The fourth-order valence-electron chi connectivity index (χ4n) is 4.51. The van der Waals surface area contributed by atoms with Gasteiger partial charge in [0.25, 0.3) is 0 Å². The van der Waals surface area contributed by atoms with Gasteiger partial charge in [-0.15, -0.1) is 0 Å². The van der Waals surface area contributed by atoms with E-state index in [9.17, 15) is 9.90 Å². The minimum atomic E-state index is 0.0527. The van der Waals surface area contributed by atoms with Gasteiger partial charge in [-0.2, -0.15) is 0 Å². The maximum atomic E-state index is 13.1. The van der Waals surface area contributed by atoms with Gasteiger partial charge < -0.3 is 9.94 Å². The fraction of sp³-hybridized carbons (Fsp3) is 0.524. The maximum Gasteiger partial charge on any atom is 0.167 e. The number of hydrogen-bond donors (Lipinski definition) is 1. The lowest BCUT2D eigenvalue weighted by Gasteiger charge is -2.27. The molecule has 4 heteroatoms. The van der Waals surface area contributed by atoms with Crippen molar-refractivity contribution in [2.45, 2.75) is 52.9 Å². The third-order valence-electron chi connectivity index (χ3n) is 5.51. The van der Waals surface area contributed by atoms with Crippen LogP contribution in [0.15, 0.2) is 23.0 Å². The summed E-state index contributed by atoms with van der Waals surface area (Å²) < 4.78 is 0. The number of Topliss-reactive ketones (excluding diaryl/α,β-unsaturated/α-hetero) is 1. The lowest BCUT2D eigenvalue weighted by atomic mass is 9.78. The standard InChI is InChI=1S/C21H27NO3/c1-12-7-13(2)20(14(3)8-12)21-18(23)10-15-5-6-16(11-19(21)24)17(9-15)22-25-4/h7-8,15-16,24H,5-6,9-11H2,1-4H3/b21-19?,22-17-/t15-,16-/m1/s1. The number of aliphatic hydroxyl groups is 1. The molecule has 4 rings (SSSR count). The van der Waals surface area contributed by atoms with E-state index in [0.717, 1.165) is 41.7 Å². The number of benzene rings is 1. The van der Waals surface area contributed by atoms with E-state index in [1.54, 1.807) is 7.11 Å². The number of carbonyl (C=O) groups excluding carboxylic acids is 1. The number of hydrogen-bond acceptors (Lipinski definition) is 4. The van der Waals surface area contributed by atoms with Crippen LogP contribution < -0.4 is 0 Å². The third-order valence-corrected chi connectivity index (χ3v) is 5.51. The predicted molar refractivity (Wildman–Crippen MR) is 99.7 cm³/mol. The highest BCUT2D eigenvalue weighted by Gasteiger charge is 2.34. The van der Waals surface area contributed by atoms with Crippen molar-refractivity contribution in [1.29, 1.82) is 0 Å². The molecule has 2 bridgehead atoms. The molecule has 4 nitrogen and oxygen atoms in total. The predicted octanol–water partition coefficient (Wildman–Crippen LogP) is 4.66. The smallest absolute Gasteiger partial charge is 0.167 e. The first-order valence-electron chi connectivity index (χ1n) is 9.04. The molecule has 1 aromatic carbocycles. The Morgan fingerprint density at radius 1 is 1.08 bits per heavy atom. The molecule has 0 spiro atoms. The first kappa shape index (κ1) is 17.7. The highest BCUT2D eigenvalue weighted by molar-refractivity contribution is 6.22. The van der Waals surface area contributed by atoms with Gasteiger partial charge in [-0.25, -0.2) is 0 Å². The molecular formula is C21H27NO3. The van der Waals surface area contributed by atoms with Crippen LogP contribution in [0.4, 0.5) is 0 Å². The summed E-state index contributed by atoms with van der Waals surface area (Å²) in [5.41, 5.74) is 5.67. The van der Waals surface area contributed by atoms with Gasteiger partial charge in [-0.05, 0) is 62.6 Å². The Balaban J connectivity index is 2.11. The molecule has 0 unspecified atom stereocenters. The average Bonchev–Trinajstić information content (AvgIpc) is 2.60. The largest absolute Gasteiger partial charge is 0.512 e. The molecule has 25 heavy (non-hydrogen) atoms. The summed E-state index contributed by atoms with van der Waals surface area (Å²) >= 11 is 0. The molecule has 3 aliphatic carbocycles. The molecule has 0 aromatic heterocycles. The van der Waals surface area contributed by atoms with Gasteiger partial charge in [-0.3, -0.25) is 4.79 Å². The molecule has 2 atom stereocenters. The van der Waals surface area contributed by atoms with E-state index >= 15 is 0 Å². The van der Waals surface area contributed by atoms with E-state index < -0.39 is 0 Å². The second kappa shape index (κ2) is 7.03. The average molecular weight is 341 g/mol. The summed E-state index contributed by atoms with van der Waals surface area (Å²) in [6.07, 6.45) is 3.66. The molecule has 1 saturated carbocycles. The molecule has 1 fully saturated rings. The lowest BCUT2D eigenvalue weighted by molar-refractivity contribution is -0.114. The van der Waals surface area contributed by atoms with Crippen LogP contribution in [-0.4, -0.2) is 23.7 Å². The minimum absolute atomic E-state index is 0.0527. The van der Waals surface area contributed by atoms with E-state index in [-0.39, 0.29) is 23.4 Å². The van der Waals surface area contributed by atoms with E-state index in [1.807, 2.05) is 13.8 Å². The molecule has 3 aliphatic rings. The van der Waals surface area contributed by atoms with Gasteiger partial charge in [0.15, 0.2) is 5.78 Å². The fourth-order valence-corrected chi connectivity index (χ4v) is 4.51. The molecule has 1 aromatic rings. The Hall–Kier alpha value is -2.10.